The number of amides is 2. The zero-order chi connectivity index (χ0) is 19.3. The Kier molecular flexibility index (Phi) is 5.83. The molecule has 4 rings (SSSR count). The molecule has 0 unspecified atom stereocenters. The summed E-state index contributed by atoms with van der Waals surface area (Å²) >= 11 is 0. The molecule has 2 aliphatic heterocycles. The van der Waals surface area contributed by atoms with Crippen molar-refractivity contribution in [2.45, 2.75) is 38.6 Å². The second-order valence-electron chi connectivity index (χ2n) is 7.23. The zero-order valence-corrected chi connectivity index (χ0v) is 16.3. The van der Waals surface area contributed by atoms with E-state index in [0.29, 0.717) is 12.5 Å². The average molecular weight is 381 g/mol. The Morgan fingerprint density at radius 2 is 2.00 bits per heavy atom. The molecule has 1 saturated heterocycles. The Morgan fingerprint density at radius 3 is 2.75 bits per heavy atom. The van der Waals surface area contributed by atoms with E-state index in [1.54, 1.807) is 0 Å². The van der Waals surface area contributed by atoms with E-state index in [2.05, 4.69) is 16.0 Å². The van der Waals surface area contributed by atoms with Gasteiger partial charge in [-0.05, 0) is 62.6 Å². The van der Waals surface area contributed by atoms with Gasteiger partial charge in [0, 0.05) is 43.5 Å². The van der Waals surface area contributed by atoms with Crippen molar-refractivity contribution in [2.75, 3.05) is 31.6 Å². The number of carbonyl (C=O) groups excluding carboxylic acids is 1. The fourth-order valence-electron chi connectivity index (χ4n) is 3.86. The van der Waals surface area contributed by atoms with Crippen LogP contribution in [0.1, 0.15) is 42.6 Å². The van der Waals surface area contributed by atoms with E-state index in [0.717, 1.165) is 68.3 Å². The van der Waals surface area contributed by atoms with Crippen LogP contribution in [0.25, 0.3) is 11.4 Å². The Balaban J connectivity index is 1.63. The summed E-state index contributed by atoms with van der Waals surface area (Å²) in [4.78, 5) is 21.5. The highest BCUT2D eigenvalue weighted by molar-refractivity contribution is 5.89. The van der Waals surface area contributed by atoms with E-state index in [9.17, 15) is 4.79 Å². The van der Waals surface area contributed by atoms with E-state index in [-0.39, 0.29) is 6.03 Å². The summed E-state index contributed by atoms with van der Waals surface area (Å²) in [5.41, 5.74) is 5.35. The third-order valence-electron chi connectivity index (χ3n) is 5.32. The van der Waals surface area contributed by atoms with Crippen LogP contribution >= 0.6 is 0 Å². The van der Waals surface area contributed by atoms with Crippen LogP contribution in [-0.2, 0) is 17.7 Å². The summed E-state index contributed by atoms with van der Waals surface area (Å²) in [7, 11) is 0. The number of ether oxygens (including phenoxy) is 1. The van der Waals surface area contributed by atoms with Crippen LogP contribution in [0.15, 0.2) is 24.3 Å². The number of nitrogens with one attached hydrogen (secondary N) is 3. The summed E-state index contributed by atoms with van der Waals surface area (Å²) in [6.45, 7) is 5.86. The van der Waals surface area contributed by atoms with Crippen molar-refractivity contribution in [3.8, 4) is 11.4 Å². The third-order valence-corrected chi connectivity index (χ3v) is 5.32. The molecule has 3 heterocycles. The molecular weight excluding hydrogens is 354 g/mol. The van der Waals surface area contributed by atoms with Gasteiger partial charge in [0.2, 0.25) is 0 Å². The number of nitrogens with zero attached hydrogens (tertiary/aromatic N) is 2. The number of hydrogen-bond acceptors (Lipinski definition) is 5. The molecule has 0 aliphatic carbocycles. The Bertz CT molecular complexity index is 831. The quantitative estimate of drug-likeness (QED) is 0.758. The van der Waals surface area contributed by atoms with Crippen molar-refractivity contribution in [1.82, 2.24) is 20.6 Å². The summed E-state index contributed by atoms with van der Waals surface area (Å²) in [6.07, 6.45) is 3.02. The van der Waals surface area contributed by atoms with Crippen molar-refractivity contribution in [2.24, 2.45) is 0 Å². The minimum atomic E-state index is -0.201. The highest BCUT2D eigenvalue weighted by Crippen LogP contribution is 2.32. The van der Waals surface area contributed by atoms with Crippen LogP contribution in [0.5, 0.6) is 0 Å². The maximum Gasteiger partial charge on any atom is 0.319 e. The van der Waals surface area contributed by atoms with Gasteiger partial charge in [-0.15, -0.1) is 0 Å². The SMILES string of the molecule is CCNC(=O)Nc1ccc(-c2nc3c(c(C4CCOCC4)n2)CCNC3)cc1. The van der Waals surface area contributed by atoms with Crippen molar-refractivity contribution in [1.29, 1.82) is 0 Å². The molecular formula is C21H27N5O2. The number of fused-ring (bicyclic) bond motifs is 1. The normalized spacial score (nSPS) is 17.0. The van der Waals surface area contributed by atoms with Gasteiger partial charge in [0.1, 0.15) is 0 Å². The largest absolute Gasteiger partial charge is 0.381 e. The van der Waals surface area contributed by atoms with Gasteiger partial charge in [0.05, 0.1) is 11.4 Å². The predicted molar refractivity (Wildman–Crippen MR) is 108 cm³/mol. The molecule has 7 nitrogen and oxygen atoms in total. The number of rotatable bonds is 4. The molecule has 2 amide bonds. The second kappa shape index (κ2) is 8.67. The molecule has 3 N–H and O–H groups in total. The van der Waals surface area contributed by atoms with Crippen molar-refractivity contribution in [3.05, 3.63) is 41.2 Å². The highest BCUT2D eigenvalue weighted by Gasteiger charge is 2.25. The smallest absolute Gasteiger partial charge is 0.319 e. The van der Waals surface area contributed by atoms with Crippen LogP contribution in [0.2, 0.25) is 0 Å². The van der Waals surface area contributed by atoms with E-state index < -0.39 is 0 Å². The molecule has 0 radical (unpaired) electrons. The van der Waals surface area contributed by atoms with Gasteiger partial charge in [-0.3, -0.25) is 0 Å². The topological polar surface area (TPSA) is 88.2 Å². The minimum Gasteiger partial charge on any atom is -0.381 e. The summed E-state index contributed by atoms with van der Waals surface area (Å²) in [5, 5.41) is 8.97. The summed E-state index contributed by atoms with van der Waals surface area (Å²) in [6, 6.07) is 7.51. The number of anilines is 1. The van der Waals surface area contributed by atoms with Gasteiger partial charge in [-0.2, -0.15) is 0 Å². The fraction of sp³-hybridized carbons (Fsp3) is 0.476. The van der Waals surface area contributed by atoms with E-state index in [1.807, 2.05) is 31.2 Å². The maximum absolute atomic E-state index is 11.7. The van der Waals surface area contributed by atoms with Crippen molar-refractivity contribution >= 4 is 11.7 Å². The lowest BCUT2D eigenvalue weighted by molar-refractivity contribution is 0.0842. The first kappa shape index (κ1) is 18.8. The minimum absolute atomic E-state index is 0.201. The molecule has 1 aromatic heterocycles. The number of carbonyl (C=O) groups is 1. The lowest BCUT2D eigenvalue weighted by Gasteiger charge is -2.27. The van der Waals surface area contributed by atoms with E-state index in [4.69, 9.17) is 14.7 Å². The first-order valence-electron chi connectivity index (χ1n) is 10.1. The van der Waals surface area contributed by atoms with Gasteiger partial charge < -0.3 is 20.7 Å². The molecule has 1 aromatic carbocycles. The van der Waals surface area contributed by atoms with E-state index >= 15 is 0 Å². The Labute approximate surface area is 165 Å². The van der Waals surface area contributed by atoms with Gasteiger partial charge in [0.25, 0.3) is 0 Å². The van der Waals surface area contributed by atoms with Crippen molar-refractivity contribution in [3.63, 3.8) is 0 Å². The molecule has 2 aliphatic rings. The number of aromatic nitrogens is 2. The zero-order valence-electron chi connectivity index (χ0n) is 16.3. The monoisotopic (exact) mass is 381 g/mol. The second-order valence-corrected chi connectivity index (χ2v) is 7.23. The maximum atomic E-state index is 11.7. The van der Waals surface area contributed by atoms with Gasteiger partial charge in [-0.25, -0.2) is 14.8 Å². The third kappa shape index (κ3) is 4.15. The number of hydrogen-bond donors (Lipinski definition) is 3. The molecule has 148 valence electrons. The predicted octanol–water partition coefficient (Wildman–Crippen LogP) is 2.82. The first-order chi connectivity index (χ1) is 13.7. The van der Waals surface area contributed by atoms with Crippen LogP contribution in [-0.4, -0.2) is 42.3 Å². The molecule has 28 heavy (non-hydrogen) atoms. The molecule has 1 fully saturated rings. The molecule has 0 spiro atoms. The van der Waals surface area contributed by atoms with Crippen LogP contribution < -0.4 is 16.0 Å². The Hall–Kier alpha value is -2.51. The lowest BCUT2D eigenvalue weighted by Crippen LogP contribution is -2.28. The first-order valence-corrected chi connectivity index (χ1v) is 10.1. The lowest BCUT2D eigenvalue weighted by atomic mass is 9.89. The van der Waals surface area contributed by atoms with Crippen molar-refractivity contribution < 1.29 is 9.53 Å². The standard InChI is InChI=1S/C21H27N5O2/c1-2-23-21(27)24-16-5-3-15(4-6-16)20-25-18-13-22-10-7-17(18)19(26-20)14-8-11-28-12-9-14/h3-6,14,22H,2,7-13H2,1H3,(H2,23,24,27). The molecule has 0 bridgehead atoms. The number of benzene rings is 1. The van der Waals surface area contributed by atoms with Gasteiger partial charge in [-0.1, -0.05) is 0 Å². The molecule has 7 heteroatoms. The van der Waals surface area contributed by atoms with Crippen LogP contribution in [0.3, 0.4) is 0 Å². The Morgan fingerprint density at radius 1 is 1.21 bits per heavy atom. The van der Waals surface area contributed by atoms with Gasteiger partial charge >= 0.3 is 6.03 Å². The fourth-order valence-corrected chi connectivity index (χ4v) is 3.86. The highest BCUT2D eigenvalue weighted by atomic mass is 16.5. The number of urea groups is 1. The van der Waals surface area contributed by atoms with Crippen LogP contribution in [0.4, 0.5) is 10.5 Å². The average Bonchev–Trinajstić information content (AvgIpc) is 2.74. The van der Waals surface area contributed by atoms with Gasteiger partial charge in [0.15, 0.2) is 5.82 Å². The molecule has 0 atom stereocenters. The molecule has 0 saturated carbocycles. The summed E-state index contributed by atoms with van der Waals surface area (Å²) in [5.74, 6) is 1.20. The van der Waals surface area contributed by atoms with Crippen LogP contribution in [0, 0.1) is 0 Å². The molecule has 2 aromatic rings. The summed E-state index contributed by atoms with van der Waals surface area (Å²) < 4.78 is 5.55. The van der Waals surface area contributed by atoms with E-state index in [1.165, 1.54) is 11.3 Å².